The molecule has 0 bridgehead atoms. The monoisotopic (exact) mass is 499 g/mol. The van der Waals surface area contributed by atoms with Crippen LogP contribution in [0.5, 0.6) is 5.75 Å². The third-order valence-corrected chi connectivity index (χ3v) is 6.41. The van der Waals surface area contributed by atoms with Crippen molar-refractivity contribution in [1.82, 2.24) is 0 Å². The predicted molar refractivity (Wildman–Crippen MR) is 115 cm³/mol. The quantitative estimate of drug-likeness (QED) is 0.278. The van der Waals surface area contributed by atoms with Crippen molar-refractivity contribution in [1.29, 1.82) is 0 Å². The van der Waals surface area contributed by atoms with E-state index >= 15 is 0 Å². The van der Waals surface area contributed by atoms with Crippen molar-refractivity contribution in [2.75, 3.05) is 5.32 Å². The van der Waals surface area contributed by atoms with Crippen LogP contribution in [0, 0.1) is 34.6 Å². The molecule has 0 saturated heterocycles. The lowest BCUT2D eigenvalue weighted by molar-refractivity contribution is -0.607. The SMILES string of the molecule is CC1CC([C@H](C)[C@H](c2ccc(F)c(F)c2OC(F)F)[C@@H](O)C(=O)Nc2cc[n+]([O-])c(C(N)=O)c2)C1. The first-order valence-corrected chi connectivity index (χ1v) is 10.8. The Labute approximate surface area is 198 Å². The highest BCUT2D eigenvalue weighted by Gasteiger charge is 2.42. The number of pyridine rings is 1. The van der Waals surface area contributed by atoms with Gasteiger partial charge in [0.05, 0.1) is 5.69 Å². The van der Waals surface area contributed by atoms with Gasteiger partial charge in [-0.2, -0.15) is 17.9 Å². The van der Waals surface area contributed by atoms with E-state index in [2.05, 4.69) is 10.1 Å². The lowest BCUT2D eigenvalue weighted by Gasteiger charge is -2.42. The fourth-order valence-corrected chi connectivity index (χ4v) is 4.57. The summed E-state index contributed by atoms with van der Waals surface area (Å²) >= 11 is 0. The lowest BCUT2D eigenvalue weighted by Crippen LogP contribution is -2.41. The molecule has 2 aromatic rings. The Morgan fingerprint density at radius 3 is 2.49 bits per heavy atom. The van der Waals surface area contributed by atoms with E-state index in [1.807, 2.05) is 6.92 Å². The summed E-state index contributed by atoms with van der Waals surface area (Å²) in [5.74, 6) is -7.69. The van der Waals surface area contributed by atoms with Gasteiger partial charge in [-0.1, -0.05) is 19.9 Å². The number of carbonyl (C=O) groups excluding carboxylic acids is 2. The number of primary amides is 1. The molecular formula is C23H25F4N3O5. The summed E-state index contributed by atoms with van der Waals surface area (Å²) in [5.41, 5.74) is 4.31. The summed E-state index contributed by atoms with van der Waals surface area (Å²) in [6.07, 6.45) is 0.458. The number of benzene rings is 1. The van der Waals surface area contributed by atoms with E-state index in [4.69, 9.17) is 5.73 Å². The zero-order valence-electron chi connectivity index (χ0n) is 18.9. The van der Waals surface area contributed by atoms with Gasteiger partial charge in [-0.05, 0) is 36.7 Å². The third-order valence-electron chi connectivity index (χ3n) is 6.41. The normalized spacial score (nSPS) is 20.0. The van der Waals surface area contributed by atoms with Crippen LogP contribution in [-0.4, -0.2) is 29.6 Å². The minimum Gasteiger partial charge on any atom is -0.618 e. The van der Waals surface area contributed by atoms with E-state index in [-0.39, 0.29) is 21.9 Å². The van der Waals surface area contributed by atoms with Crippen LogP contribution in [0.1, 0.15) is 48.7 Å². The van der Waals surface area contributed by atoms with Crippen LogP contribution in [0.4, 0.5) is 23.2 Å². The number of nitrogens with zero attached hydrogens (tertiary/aromatic N) is 1. The van der Waals surface area contributed by atoms with Gasteiger partial charge in [-0.25, -0.2) is 4.39 Å². The molecule has 0 radical (unpaired) electrons. The number of hydrogen-bond donors (Lipinski definition) is 3. The molecule has 1 saturated carbocycles. The molecule has 0 spiro atoms. The molecule has 0 unspecified atom stereocenters. The van der Waals surface area contributed by atoms with E-state index in [0.717, 1.165) is 37.2 Å². The van der Waals surface area contributed by atoms with Gasteiger partial charge in [-0.15, -0.1) is 0 Å². The van der Waals surface area contributed by atoms with E-state index in [1.165, 1.54) is 0 Å². The summed E-state index contributed by atoms with van der Waals surface area (Å²) in [6, 6.07) is 3.86. The van der Waals surface area contributed by atoms with Gasteiger partial charge >= 0.3 is 12.5 Å². The number of aliphatic hydroxyl groups is 1. The average molecular weight is 499 g/mol. The van der Waals surface area contributed by atoms with E-state index in [9.17, 15) is 37.5 Å². The standard InChI is InChI=1S/C23H25F4N3O5/c1-10-7-12(8-10)11(2)17(14-3-4-15(24)18(25)20(14)35-23(26)27)19(31)22(33)29-13-5-6-30(34)16(9-13)21(28)32/h3-6,9-12,17,19,23,31H,7-8H2,1-2H3,(H2,28,32)(H,29,33)/t10?,11-,12?,17+,19+/m0/s1. The van der Waals surface area contributed by atoms with Gasteiger partial charge in [0.25, 0.3) is 11.6 Å². The number of carbonyl (C=O) groups is 2. The van der Waals surface area contributed by atoms with Crippen LogP contribution in [0.2, 0.25) is 0 Å². The molecule has 8 nitrogen and oxygen atoms in total. The minimum absolute atomic E-state index is 0.0254. The number of nitrogens with one attached hydrogen (secondary N) is 1. The Balaban J connectivity index is 1.99. The Hall–Kier alpha value is -3.41. The number of amides is 2. The molecular weight excluding hydrogens is 474 g/mol. The van der Waals surface area contributed by atoms with Gasteiger partial charge in [0, 0.05) is 23.6 Å². The van der Waals surface area contributed by atoms with Crippen molar-refractivity contribution in [2.24, 2.45) is 23.5 Å². The molecule has 2 amide bonds. The maximum Gasteiger partial charge on any atom is 0.387 e. The zero-order chi connectivity index (χ0) is 26.0. The van der Waals surface area contributed by atoms with Crippen LogP contribution in [-0.2, 0) is 4.79 Å². The summed E-state index contributed by atoms with van der Waals surface area (Å²) in [6.45, 7) is 0.198. The number of nitrogens with two attached hydrogens (primary N) is 1. The summed E-state index contributed by atoms with van der Waals surface area (Å²) < 4.78 is 58.8. The first-order chi connectivity index (χ1) is 16.4. The van der Waals surface area contributed by atoms with Crippen LogP contribution < -0.4 is 20.5 Å². The molecule has 35 heavy (non-hydrogen) atoms. The second-order valence-electron chi connectivity index (χ2n) is 8.80. The smallest absolute Gasteiger partial charge is 0.387 e. The number of aliphatic hydroxyl groups excluding tert-OH is 1. The number of ether oxygens (including phenoxy) is 1. The van der Waals surface area contributed by atoms with E-state index in [0.29, 0.717) is 12.0 Å². The Morgan fingerprint density at radius 1 is 1.26 bits per heavy atom. The molecule has 1 aliphatic rings. The van der Waals surface area contributed by atoms with Crippen molar-refractivity contribution in [3.05, 3.63) is 58.6 Å². The second kappa shape index (κ2) is 10.5. The third kappa shape index (κ3) is 5.64. The van der Waals surface area contributed by atoms with Crippen molar-refractivity contribution < 1.29 is 41.7 Å². The highest BCUT2D eigenvalue weighted by atomic mass is 19.3. The summed E-state index contributed by atoms with van der Waals surface area (Å²) in [4.78, 5) is 24.4. The highest BCUT2D eigenvalue weighted by molar-refractivity contribution is 5.96. The highest BCUT2D eigenvalue weighted by Crippen LogP contribution is 2.47. The van der Waals surface area contributed by atoms with Crippen molar-refractivity contribution in [2.45, 2.75) is 45.3 Å². The van der Waals surface area contributed by atoms with Gasteiger partial charge < -0.3 is 26.1 Å². The van der Waals surface area contributed by atoms with Gasteiger partial charge in [0.1, 0.15) is 6.10 Å². The van der Waals surface area contributed by atoms with Crippen LogP contribution in [0.25, 0.3) is 0 Å². The molecule has 0 aliphatic heterocycles. The molecule has 1 aromatic carbocycles. The molecule has 12 heteroatoms. The predicted octanol–water partition coefficient (Wildman–Crippen LogP) is 3.06. The number of halogens is 4. The van der Waals surface area contributed by atoms with Crippen LogP contribution in [0.15, 0.2) is 30.5 Å². The molecule has 1 aliphatic carbocycles. The first-order valence-electron chi connectivity index (χ1n) is 10.8. The van der Waals surface area contributed by atoms with Gasteiger partial charge in [0.15, 0.2) is 17.8 Å². The molecule has 1 heterocycles. The summed E-state index contributed by atoms with van der Waals surface area (Å²) in [7, 11) is 0. The fraction of sp³-hybridized carbons (Fsp3) is 0.435. The van der Waals surface area contributed by atoms with E-state index in [1.54, 1.807) is 6.92 Å². The topological polar surface area (TPSA) is 129 Å². The summed E-state index contributed by atoms with van der Waals surface area (Å²) in [5, 5.41) is 25.0. The largest absolute Gasteiger partial charge is 0.618 e. The fourth-order valence-electron chi connectivity index (χ4n) is 4.57. The Morgan fingerprint density at radius 2 is 1.91 bits per heavy atom. The van der Waals surface area contributed by atoms with Crippen molar-refractivity contribution in [3.63, 3.8) is 0 Å². The van der Waals surface area contributed by atoms with Crippen molar-refractivity contribution >= 4 is 17.5 Å². The maximum absolute atomic E-state index is 14.5. The Kier molecular flexibility index (Phi) is 7.83. The zero-order valence-corrected chi connectivity index (χ0v) is 18.9. The minimum atomic E-state index is -3.48. The Bertz CT molecular complexity index is 1110. The van der Waals surface area contributed by atoms with Gasteiger partial charge in [0.2, 0.25) is 5.82 Å². The molecule has 1 aromatic heterocycles. The number of hydrogen-bond acceptors (Lipinski definition) is 5. The number of aromatic nitrogens is 1. The first kappa shape index (κ1) is 26.2. The number of alkyl halides is 2. The van der Waals surface area contributed by atoms with Crippen molar-refractivity contribution in [3.8, 4) is 5.75 Å². The molecule has 3 rings (SSSR count). The van der Waals surface area contributed by atoms with Gasteiger partial charge in [-0.3, -0.25) is 9.59 Å². The van der Waals surface area contributed by atoms with Crippen LogP contribution in [0.3, 0.4) is 0 Å². The number of anilines is 1. The van der Waals surface area contributed by atoms with Crippen LogP contribution >= 0.6 is 0 Å². The lowest BCUT2D eigenvalue weighted by atomic mass is 9.64. The molecule has 1 fully saturated rings. The second-order valence-corrected chi connectivity index (χ2v) is 8.80. The molecule has 3 atom stereocenters. The molecule has 4 N–H and O–H groups in total. The maximum atomic E-state index is 14.5. The average Bonchev–Trinajstić information content (AvgIpc) is 2.76. The number of rotatable bonds is 9. The van der Waals surface area contributed by atoms with E-state index < -0.39 is 59.4 Å². The molecule has 190 valence electrons.